The molecule has 1 saturated heterocycles. The molecule has 1 fully saturated rings. The highest BCUT2D eigenvalue weighted by molar-refractivity contribution is 8.06. The van der Waals surface area contributed by atoms with Crippen molar-refractivity contribution in [2.24, 2.45) is 0 Å². The van der Waals surface area contributed by atoms with Crippen molar-refractivity contribution in [3.63, 3.8) is 0 Å². The third-order valence-corrected chi connectivity index (χ3v) is 4.59. The Bertz CT molecular complexity index is 813. The van der Waals surface area contributed by atoms with E-state index in [9.17, 15) is 20.0 Å². The number of hydrogen-bond donors (Lipinski definition) is 5. The molecule has 1 aliphatic heterocycles. The van der Waals surface area contributed by atoms with Crippen LogP contribution >= 0.6 is 6.72 Å². The number of imidazole rings is 1. The summed E-state index contributed by atoms with van der Waals surface area (Å²) < 4.78 is 11.9. The summed E-state index contributed by atoms with van der Waals surface area (Å²) in [5.74, 6) is 0.166. The summed E-state index contributed by atoms with van der Waals surface area (Å²) in [6.45, 7) is -2.90. The Balaban J connectivity index is 1.92. The van der Waals surface area contributed by atoms with E-state index in [0.717, 1.165) is 0 Å². The second kappa shape index (κ2) is 5.93. The topological polar surface area (TPSA) is 169 Å². The van der Waals surface area contributed by atoms with Crippen LogP contribution in [0.5, 0.6) is 0 Å². The second-order valence-electron chi connectivity index (χ2n) is 5.60. The van der Waals surface area contributed by atoms with Gasteiger partial charge in [-0.25, -0.2) is 15.0 Å². The zero-order chi connectivity index (χ0) is 17.7. The summed E-state index contributed by atoms with van der Waals surface area (Å²) in [6.07, 6.45) is -1.17. The molecule has 132 valence electrons. The van der Waals surface area contributed by atoms with Crippen molar-refractivity contribution < 1.29 is 29.3 Å². The fourth-order valence-corrected chi connectivity index (χ4v) is 3.12. The van der Waals surface area contributed by atoms with Gasteiger partial charge >= 0.3 is 6.72 Å². The molecule has 3 rings (SSSR count). The molecule has 6 N–H and O–H groups in total. The number of nitrogens with two attached hydrogens (primary N) is 1. The molecule has 0 saturated carbocycles. The van der Waals surface area contributed by atoms with Crippen LogP contribution in [0, 0.1) is 0 Å². The van der Waals surface area contributed by atoms with Gasteiger partial charge < -0.3 is 35.0 Å². The molecule has 24 heavy (non-hydrogen) atoms. The molecule has 1 aliphatic rings. The summed E-state index contributed by atoms with van der Waals surface area (Å²) in [5.41, 5.74) is 4.94. The molecule has 0 unspecified atom stereocenters. The Kier molecular flexibility index (Phi) is 4.35. The van der Waals surface area contributed by atoms with E-state index in [-0.39, 0.29) is 5.82 Å². The van der Waals surface area contributed by atoms with Gasteiger partial charge in [-0.2, -0.15) is 0 Å². The molecule has 3 heterocycles. The molecule has 11 nitrogen and oxygen atoms in total. The summed E-state index contributed by atoms with van der Waals surface area (Å²) in [6, 6.07) is 0. The minimum Gasteiger partial charge on any atom is -0.387 e. The lowest BCUT2D eigenvalue weighted by atomic mass is 9.99. The molecule has 0 spiro atoms. The molecule has 2 aromatic rings. The van der Waals surface area contributed by atoms with Gasteiger partial charge in [-0.1, -0.05) is 0 Å². The maximum absolute atomic E-state index is 10.3. The van der Waals surface area contributed by atoms with Crippen molar-refractivity contribution in [1.82, 2.24) is 19.5 Å². The highest BCUT2D eigenvalue weighted by Gasteiger charge is 2.53. The number of hydrogen-bond acceptors (Lipinski definition) is 9. The van der Waals surface area contributed by atoms with Crippen molar-refractivity contribution in [2.45, 2.75) is 31.0 Å². The minimum atomic E-state index is -3.93. The zero-order valence-electron chi connectivity index (χ0n) is 12.4. The van der Waals surface area contributed by atoms with E-state index >= 15 is 0 Å². The highest BCUT2D eigenvalue weighted by Crippen LogP contribution is 2.43. The first kappa shape index (κ1) is 17.6. The van der Waals surface area contributed by atoms with Crippen LogP contribution < -0.4 is 5.73 Å². The van der Waals surface area contributed by atoms with E-state index in [0.29, 0.717) is 11.2 Å². The van der Waals surface area contributed by atoms with Crippen LogP contribution in [0.15, 0.2) is 12.7 Å². The van der Waals surface area contributed by atoms with E-state index in [1.807, 2.05) is 0 Å². The average molecular weight is 377 g/mol. The molecule has 0 aliphatic carbocycles. The predicted molar refractivity (Wildman–Crippen MR) is 85.0 cm³/mol. The fraction of sp³-hybridized carbons (Fsp3) is 0.545. The normalized spacial score (nSPS) is 31.0. The summed E-state index contributed by atoms with van der Waals surface area (Å²) in [5, 5.41) is 20.6. The quantitative estimate of drug-likeness (QED) is 0.399. The third-order valence-electron chi connectivity index (χ3n) is 3.81. The molecule has 0 bridgehead atoms. The number of aromatic nitrogens is 4. The number of ether oxygens (including phenoxy) is 1. The first-order valence-corrected chi connectivity index (χ1v) is 9.42. The van der Waals surface area contributed by atoms with Crippen molar-refractivity contribution in [3.05, 3.63) is 12.7 Å². The Labute approximate surface area is 140 Å². The Morgan fingerprint density at radius 3 is 2.79 bits per heavy atom. The van der Waals surface area contributed by atoms with Gasteiger partial charge in [0.25, 0.3) is 0 Å². The SMILES string of the molecule is C[C@]1(COP(O)(O)=S)O[C@@H](n2cnc3c(N)ncnc32)[C@H](O)[C@@H]1O. The lowest BCUT2D eigenvalue weighted by molar-refractivity contribution is -0.112. The van der Waals surface area contributed by atoms with Crippen LogP contribution in [0.1, 0.15) is 13.2 Å². The van der Waals surface area contributed by atoms with Crippen LogP contribution in [-0.4, -0.2) is 63.9 Å². The number of aliphatic hydroxyl groups is 2. The van der Waals surface area contributed by atoms with Crippen LogP contribution in [0.4, 0.5) is 5.82 Å². The molecule has 13 heteroatoms. The lowest BCUT2D eigenvalue weighted by Crippen LogP contribution is -2.44. The molecular formula is C11H16N5O6PS. The fourth-order valence-electron chi connectivity index (χ4n) is 2.54. The average Bonchev–Trinajstić information content (AvgIpc) is 3.02. The van der Waals surface area contributed by atoms with Crippen molar-refractivity contribution in [3.8, 4) is 0 Å². The first-order chi connectivity index (χ1) is 11.1. The number of nitrogens with zero attached hydrogens (tertiary/aromatic N) is 4. The van der Waals surface area contributed by atoms with E-state index in [4.69, 9.17) is 15.0 Å². The minimum absolute atomic E-state index is 0.166. The van der Waals surface area contributed by atoms with E-state index in [1.165, 1.54) is 24.1 Å². The van der Waals surface area contributed by atoms with Crippen LogP contribution in [-0.2, 0) is 21.1 Å². The van der Waals surface area contributed by atoms with Gasteiger partial charge in [0.05, 0.1) is 12.9 Å². The van der Waals surface area contributed by atoms with Crippen molar-refractivity contribution in [1.29, 1.82) is 0 Å². The van der Waals surface area contributed by atoms with Gasteiger partial charge in [-0.15, -0.1) is 0 Å². The largest absolute Gasteiger partial charge is 0.387 e. The van der Waals surface area contributed by atoms with Gasteiger partial charge in [0, 0.05) is 0 Å². The standard InChI is InChI=1S/C11H16N5O6PS/c1-11(2-21-23(19,20)24)7(18)6(17)10(22-11)16-4-15-5-8(12)13-3-14-9(5)16/h3-4,6-7,10,17-18H,2H2,1H3,(H2,12,13,14)(H2,19,20,24)/t6-,7+,10-,11-/m1/s1. The molecule has 0 aromatic carbocycles. The molecule has 0 amide bonds. The summed E-state index contributed by atoms with van der Waals surface area (Å²) in [7, 11) is 0. The third kappa shape index (κ3) is 3.03. The van der Waals surface area contributed by atoms with Gasteiger partial charge in [0.1, 0.15) is 29.7 Å². The maximum atomic E-state index is 10.3. The monoisotopic (exact) mass is 377 g/mol. The highest BCUT2D eigenvalue weighted by atomic mass is 32.5. The number of aliphatic hydroxyl groups excluding tert-OH is 2. The van der Waals surface area contributed by atoms with Gasteiger partial charge in [0.15, 0.2) is 17.7 Å². The Morgan fingerprint density at radius 2 is 2.12 bits per heavy atom. The Hall–Kier alpha value is -1.24. The first-order valence-electron chi connectivity index (χ1n) is 6.79. The van der Waals surface area contributed by atoms with Crippen molar-refractivity contribution in [2.75, 3.05) is 12.3 Å². The van der Waals surface area contributed by atoms with Gasteiger partial charge in [-0.05, 0) is 18.7 Å². The predicted octanol–water partition coefficient (Wildman–Crippen LogP) is -1.36. The molecule has 2 aromatic heterocycles. The van der Waals surface area contributed by atoms with Crippen LogP contribution in [0.25, 0.3) is 11.2 Å². The lowest BCUT2D eigenvalue weighted by Gasteiger charge is -2.27. The van der Waals surface area contributed by atoms with Gasteiger partial charge in [-0.3, -0.25) is 4.57 Å². The maximum Gasteiger partial charge on any atom is 0.321 e. The second-order valence-corrected chi connectivity index (χ2v) is 8.27. The van der Waals surface area contributed by atoms with Crippen molar-refractivity contribution >= 4 is 35.5 Å². The van der Waals surface area contributed by atoms with E-state index < -0.39 is 37.4 Å². The smallest absolute Gasteiger partial charge is 0.321 e. The molecule has 4 atom stereocenters. The van der Waals surface area contributed by atoms with E-state index in [2.05, 4.69) is 26.8 Å². The van der Waals surface area contributed by atoms with Crippen LogP contribution in [0.2, 0.25) is 0 Å². The Morgan fingerprint density at radius 1 is 1.42 bits per heavy atom. The molecular weight excluding hydrogens is 361 g/mol. The summed E-state index contributed by atoms with van der Waals surface area (Å²) >= 11 is 4.38. The zero-order valence-corrected chi connectivity index (χ0v) is 14.1. The summed E-state index contributed by atoms with van der Waals surface area (Å²) in [4.78, 5) is 30.3. The molecule has 0 radical (unpaired) electrons. The number of nitrogen functional groups attached to an aromatic ring is 1. The number of rotatable bonds is 4. The van der Waals surface area contributed by atoms with Gasteiger partial charge in [0.2, 0.25) is 0 Å². The number of anilines is 1. The van der Waals surface area contributed by atoms with Crippen LogP contribution in [0.3, 0.4) is 0 Å². The number of fused-ring (bicyclic) bond motifs is 1. The van der Waals surface area contributed by atoms with E-state index in [1.54, 1.807) is 0 Å².